The van der Waals surface area contributed by atoms with Crippen LogP contribution in [0.15, 0.2) is 22.2 Å². The van der Waals surface area contributed by atoms with E-state index in [0.717, 1.165) is 13.0 Å². The molecule has 0 saturated heterocycles. The minimum atomic E-state index is -4.93. The zero-order valence-corrected chi connectivity index (χ0v) is 18.4. The van der Waals surface area contributed by atoms with Crippen LogP contribution in [-0.4, -0.2) is 48.5 Å². The fourth-order valence-electron chi connectivity index (χ4n) is 2.63. The molecule has 0 N–H and O–H groups in total. The first-order valence-electron chi connectivity index (χ1n) is 8.88. The molecule has 0 bridgehead atoms. The Balaban J connectivity index is 2.11. The molecule has 0 aromatic heterocycles. The largest absolute Gasteiger partial charge is 0.511 e. The summed E-state index contributed by atoms with van der Waals surface area (Å²) in [4.78, 5) is 38.2. The third-order valence-electron chi connectivity index (χ3n) is 3.88. The molecule has 176 valence electrons. The summed E-state index contributed by atoms with van der Waals surface area (Å²) < 4.78 is 60.3. The van der Waals surface area contributed by atoms with Gasteiger partial charge in [-0.05, 0) is 37.6 Å². The molecule has 0 radical (unpaired) electrons. The summed E-state index contributed by atoms with van der Waals surface area (Å²) in [5, 5.41) is 9.01. The summed E-state index contributed by atoms with van der Waals surface area (Å²) >= 11 is 3.22. The van der Waals surface area contributed by atoms with E-state index in [1.54, 1.807) is 13.0 Å². The monoisotopic (exact) mass is 527 g/mol. The number of fused-ring (bicyclic) bond motifs is 1. The first kappa shape index (κ1) is 25.2. The summed E-state index contributed by atoms with van der Waals surface area (Å²) in [6, 6.07) is 3.02. The van der Waals surface area contributed by atoms with Crippen molar-refractivity contribution in [2.45, 2.75) is 45.4 Å². The number of hydrogen-bond donors (Lipinski definition) is 0. The van der Waals surface area contributed by atoms with E-state index < -0.39 is 54.1 Å². The number of halogens is 4. The molecule has 2 rings (SSSR count). The Labute approximate surface area is 187 Å². The van der Waals surface area contributed by atoms with Crippen molar-refractivity contribution >= 4 is 34.1 Å². The Morgan fingerprint density at radius 1 is 1.25 bits per heavy atom. The number of esters is 1. The van der Waals surface area contributed by atoms with Crippen LogP contribution >= 0.6 is 15.9 Å². The lowest BCUT2D eigenvalue weighted by Crippen LogP contribution is -2.41. The van der Waals surface area contributed by atoms with E-state index in [1.165, 1.54) is 13.0 Å². The van der Waals surface area contributed by atoms with Gasteiger partial charge in [0.1, 0.15) is 18.5 Å². The number of benzene rings is 1. The standard InChI is InChI=1S/C18H17BrF3NO9/c1-8-4-12(19)5-11-6-13(15(18(20,21)22)32-14(8)11)16(24)30-10(3)31-17(25)29-9(2)7-28-23(26)27/h4-6,9-10,15H,7H2,1-3H3/t9?,10?,15-/m0/s1. The van der Waals surface area contributed by atoms with Crippen molar-refractivity contribution in [1.29, 1.82) is 0 Å². The molecule has 32 heavy (non-hydrogen) atoms. The Morgan fingerprint density at radius 2 is 1.91 bits per heavy atom. The van der Waals surface area contributed by atoms with E-state index in [4.69, 9.17) is 9.47 Å². The van der Waals surface area contributed by atoms with Gasteiger partial charge in [0.2, 0.25) is 12.4 Å². The summed E-state index contributed by atoms with van der Waals surface area (Å²) in [5.74, 6) is -1.47. The molecule has 0 saturated carbocycles. The van der Waals surface area contributed by atoms with Gasteiger partial charge >= 0.3 is 18.3 Å². The first-order chi connectivity index (χ1) is 14.8. The predicted molar refractivity (Wildman–Crippen MR) is 103 cm³/mol. The molecule has 0 fully saturated rings. The number of carbonyl (C=O) groups excluding carboxylic acids is 2. The van der Waals surface area contributed by atoms with Gasteiger partial charge in [0.25, 0.3) is 5.09 Å². The van der Waals surface area contributed by atoms with Crippen molar-refractivity contribution in [1.82, 2.24) is 0 Å². The second-order valence-electron chi connectivity index (χ2n) is 6.57. The van der Waals surface area contributed by atoms with Crippen LogP contribution in [0.2, 0.25) is 0 Å². The normalized spacial score (nSPS) is 17.1. The molecule has 3 atom stereocenters. The second-order valence-corrected chi connectivity index (χ2v) is 7.48. The van der Waals surface area contributed by atoms with E-state index in [0.29, 0.717) is 10.0 Å². The van der Waals surface area contributed by atoms with Crippen molar-refractivity contribution < 1.29 is 51.6 Å². The molecule has 2 unspecified atom stereocenters. The summed E-state index contributed by atoms with van der Waals surface area (Å²) in [6.45, 7) is 3.30. The summed E-state index contributed by atoms with van der Waals surface area (Å²) in [7, 11) is 0. The zero-order valence-electron chi connectivity index (χ0n) is 16.8. The molecular formula is C18H17BrF3NO9. The average molecular weight is 528 g/mol. The highest BCUT2D eigenvalue weighted by Gasteiger charge is 2.49. The Bertz CT molecular complexity index is 935. The smallest absolute Gasteiger partial charge is 0.475 e. The molecule has 0 aliphatic carbocycles. The van der Waals surface area contributed by atoms with Crippen LogP contribution in [0, 0.1) is 17.0 Å². The van der Waals surface area contributed by atoms with Gasteiger partial charge in [0, 0.05) is 17.0 Å². The van der Waals surface area contributed by atoms with Gasteiger partial charge in [0.05, 0.1) is 5.57 Å². The maximum atomic E-state index is 13.5. The van der Waals surface area contributed by atoms with Gasteiger partial charge in [-0.3, -0.25) is 0 Å². The van der Waals surface area contributed by atoms with Crippen LogP contribution in [-0.2, 0) is 23.8 Å². The molecular weight excluding hydrogens is 511 g/mol. The molecule has 0 spiro atoms. The van der Waals surface area contributed by atoms with Crippen molar-refractivity contribution in [2.24, 2.45) is 0 Å². The number of hydrogen-bond acceptors (Lipinski definition) is 9. The molecule has 14 heteroatoms. The van der Waals surface area contributed by atoms with Crippen LogP contribution in [0.1, 0.15) is 25.0 Å². The maximum Gasteiger partial charge on any atom is 0.511 e. The molecule has 1 aromatic carbocycles. The maximum absolute atomic E-state index is 13.5. The number of alkyl halides is 3. The number of aryl methyl sites for hydroxylation is 1. The van der Waals surface area contributed by atoms with E-state index in [-0.39, 0.29) is 11.3 Å². The van der Waals surface area contributed by atoms with Gasteiger partial charge in [-0.2, -0.15) is 13.2 Å². The highest BCUT2D eigenvalue weighted by molar-refractivity contribution is 9.10. The topological polar surface area (TPSA) is 123 Å². The zero-order chi connectivity index (χ0) is 24.2. The Hall–Kier alpha value is -3.03. The lowest BCUT2D eigenvalue weighted by Gasteiger charge is -2.29. The van der Waals surface area contributed by atoms with Crippen LogP contribution < -0.4 is 4.74 Å². The highest BCUT2D eigenvalue weighted by Crippen LogP contribution is 2.40. The minimum Gasteiger partial charge on any atom is -0.475 e. The SMILES string of the molecule is Cc1cc(Br)cc2c1O[C@H](C(F)(F)F)C(C(=O)OC(C)OC(=O)OC(C)CO[N+](=O)[O-])=C2. The van der Waals surface area contributed by atoms with E-state index in [2.05, 4.69) is 30.2 Å². The molecule has 1 aromatic rings. The molecule has 10 nitrogen and oxygen atoms in total. The van der Waals surface area contributed by atoms with Gasteiger partial charge in [-0.1, -0.05) is 15.9 Å². The third kappa shape index (κ3) is 6.73. The van der Waals surface area contributed by atoms with Crippen molar-refractivity contribution in [3.8, 4) is 5.75 Å². The van der Waals surface area contributed by atoms with Crippen LogP contribution in [0.5, 0.6) is 5.75 Å². The number of ether oxygens (including phenoxy) is 4. The van der Waals surface area contributed by atoms with Gasteiger partial charge in [0.15, 0.2) is 0 Å². The quantitative estimate of drug-likeness (QED) is 0.223. The second kappa shape index (κ2) is 10.1. The fraction of sp³-hybridized carbons (Fsp3) is 0.444. The highest BCUT2D eigenvalue weighted by atomic mass is 79.9. The third-order valence-corrected chi connectivity index (χ3v) is 4.34. The lowest BCUT2D eigenvalue weighted by molar-refractivity contribution is -0.759. The summed E-state index contributed by atoms with van der Waals surface area (Å²) in [5.41, 5.74) is -0.210. The van der Waals surface area contributed by atoms with Crippen LogP contribution in [0.25, 0.3) is 6.08 Å². The van der Waals surface area contributed by atoms with E-state index in [9.17, 15) is 32.9 Å². The number of carbonyl (C=O) groups is 2. The number of nitrogens with zero attached hydrogens (tertiary/aromatic N) is 1. The molecule has 1 aliphatic heterocycles. The van der Waals surface area contributed by atoms with Crippen LogP contribution in [0.4, 0.5) is 18.0 Å². The minimum absolute atomic E-state index is 0.0362. The van der Waals surface area contributed by atoms with Gasteiger partial charge in [-0.15, -0.1) is 10.1 Å². The average Bonchev–Trinajstić information content (AvgIpc) is 2.64. The van der Waals surface area contributed by atoms with Crippen molar-refractivity contribution in [2.75, 3.05) is 6.61 Å². The lowest BCUT2D eigenvalue weighted by atomic mass is 9.99. The molecule has 1 heterocycles. The van der Waals surface area contributed by atoms with E-state index in [1.807, 2.05) is 0 Å². The first-order valence-corrected chi connectivity index (χ1v) is 9.68. The van der Waals surface area contributed by atoms with Crippen molar-refractivity contribution in [3.63, 3.8) is 0 Å². The summed E-state index contributed by atoms with van der Waals surface area (Å²) in [6.07, 6.45) is -10.6. The molecule has 1 aliphatic rings. The van der Waals surface area contributed by atoms with E-state index >= 15 is 0 Å². The Kier molecular flexibility index (Phi) is 7.93. The molecule has 0 amide bonds. The van der Waals surface area contributed by atoms with Gasteiger partial charge in [-0.25, -0.2) is 9.59 Å². The van der Waals surface area contributed by atoms with Crippen LogP contribution in [0.3, 0.4) is 0 Å². The predicted octanol–water partition coefficient (Wildman–Crippen LogP) is 4.10. The number of rotatable bonds is 7. The van der Waals surface area contributed by atoms with Gasteiger partial charge < -0.3 is 23.8 Å². The Morgan fingerprint density at radius 3 is 2.50 bits per heavy atom. The van der Waals surface area contributed by atoms with Crippen molar-refractivity contribution in [3.05, 3.63) is 43.4 Å². The fourth-order valence-corrected chi connectivity index (χ4v) is 3.22.